The Morgan fingerprint density at radius 2 is 0.979 bits per heavy atom. The van der Waals surface area contributed by atoms with Gasteiger partial charge in [0.15, 0.2) is 0 Å². The molecule has 4 aliphatic rings. The molecule has 4 aliphatic heterocycles. The Morgan fingerprint density at radius 1 is 0.537 bits per heavy atom. The number of aromatic amines is 1. The van der Waals surface area contributed by atoms with E-state index in [0.29, 0.717) is 131 Å². The molecule has 4 amide bonds. The molecule has 20 nitrogen and oxygen atoms in total. The Balaban J connectivity index is 0.000000169. The van der Waals surface area contributed by atoms with Crippen molar-refractivity contribution in [2.75, 3.05) is 71.4 Å². The molecule has 0 radical (unpaired) electrons. The minimum atomic E-state index is -3.13. The SMILES string of the molecule is CCOc1cc2[nH]cc(C(=O)C(=O)N3CCCC3)c2cc1C(=O)N1C[C@H](C)N(Cc2cccc(Cl)c2)C[C@H]1C.CCOc1cc2c(cc1C(=O)N1C[C@H](C)N(Cc3cccc(Cl)c3)C[C@H]1C)c(C(=O)C(=O)N1CCCC1)cn2N.NOP(=O)(c1ccccc1)c1ccccc1. The van der Waals surface area contributed by atoms with Crippen LogP contribution in [0.1, 0.15) is 120 Å². The molecule has 5 N–H and O–H groups in total. The number of nitrogens with zero attached hydrogens (tertiary/aromatic N) is 7. The number of Topliss-reactive ketones (excluding diaryl/α,β-unsaturated/α-hetero) is 2. The fraction of sp³-hybridized carbons (Fsp3) is 0.361. The molecule has 2 aromatic heterocycles. The molecule has 95 heavy (non-hydrogen) atoms. The summed E-state index contributed by atoms with van der Waals surface area (Å²) in [4.78, 5) is 94.9. The highest BCUT2D eigenvalue weighted by atomic mass is 35.5. The first-order valence-electron chi connectivity index (χ1n) is 32.4. The van der Waals surface area contributed by atoms with Gasteiger partial charge >= 0.3 is 0 Å². The molecule has 23 heteroatoms. The molecule has 0 aliphatic carbocycles. The molecule has 0 saturated carbocycles. The van der Waals surface area contributed by atoms with Gasteiger partial charge in [-0.3, -0.25) is 47.8 Å². The van der Waals surface area contributed by atoms with Crippen LogP contribution in [0.3, 0.4) is 0 Å². The number of halogens is 2. The number of carbonyl (C=O) groups excluding carboxylic acids is 6. The van der Waals surface area contributed by atoms with Crippen molar-refractivity contribution in [2.45, 2.75) is 104 Å². The Bertz CT molecular complexity index is 4090. The molecule has 0 bridgehead atoms. The first-order chi connectivity index (χ1) is 45.7. The lowest BCUT2D eigenvalue weighted by atomic mass is 10.0. The van der Waals surface area contributed by atoms with Crippen LogP contribution in [-0.2, 0) is 31.9 Å². The molecule has 6 heterocycles. The van der Waals surface area contributed by atoms with Gasteiger partial charge in [0.2, 0.25) is 0 Å². The first-order valence-corrected chi connectivity index (χ1v) is 34.8. The number of piperazine rings is 2. The van der Waals surface area contributed by atoms with Crippen molar-refractivity contribution in [1.29, 1.82) is 0 Å². The summed E-state index contributed by atoms with van der Waals surface area (Å²) in [6, 6.07) is 40.6. The minimum Gasteiger partial charge on any atom is -0.493 e. The highest BCUT2D eigenvalue weighted by molar-refractivity contribution is 7.74. The number of ketones is 2. The number of nitrogens with two attached hydrogens (primary N) is 2. The standard InChI is InChI=1S/C30H36ClN5O4.C30H35ClN4O4.C12H12NO2P/c1-4-40-27-14-26-23(25(18-36(26)32)28(37)30(39)33-10-5-6-11-33)13-24(27)29(38)35-16-19(2)34(15-20(35)3)17-21-8-7-9-22(31)12-21;1-4-39-27-14-26-23(25(15-32-26)28(36)30(38)33-10-5-6-11-33)13-24(27)29(37)35-17-19(2)34(16-20(35)3)18-21-8-7-9-22(31)12-21;13-15-16(14,11-7-3-1-4-8-11)12-9-5-2-6-10-12/h7-9,12-14,18-20H,4-6,10-11,15-17,32H2,1-3H3;7-9,12-15,19-20,32H,4-6,10-11,16-18H2,1-3H3;1-10H,13H2/t2*19-,20+;/m00./s1. The number of hydrogen-bond donors (Lipinski definition) is 3. The summed E-state index contributed by atoms with van der Waals surface area (Å²) < 4.78 is 30.5. The van der Waals surface area contributed by atoms with Crippen LogP contribution in [0.2, 0.25) is 10.0 Å². The van der Waals surface area contributed by atoms with Gasteiger partial charge in [0.25, 0.3) is 42.6 Å². The van der Waals surface area contributed by atoms with E-state index in [1.54, 1.807) is 64.5 Å². The number of likely N-dealkylation sites (tertiary alicyclic amines) is 2. The van der Waals surface area contributed by atoms with Crippen molar-refractivity contribution in [3.63, 3.8) is 0 Å². The van der Waals surface area contributed by atoms with E-state index in [0.717, 1.165) is 49.9 Å². The van der Waals surface area contributed by atoms with Gasteiger partial charge in [-0.1, -0.05) is 83.9 Å². The summed E-state index contributed by atoms with van der Waals surface area (Å²) in [7, 11) is -3.13. The number of benzene rings is 6. The normalized spacial score (nSPS) is 18.5. The molecule has 4 saturated heterocycles. The van der Waals surface area contributed by atoms with E-state index in [1.807, 2.05) is 110 Å². The molecule has 12 rings (SSSR count). The second kappa shape index (κ2) is 31.0. The molecule has 8 aromatic rings. The van der Waals surface area contributed by atoms with Crippen LogP contribution in [0, 0.1) is 0 Å². The second-order valence-electron chi connectivity index (χ2n) is 24.7. The summed E-state index contributed by atoms with van der Waals surface area (Å²) in [5.74, 6) is 9.75. The van der Waals surface area contributed by atoms with Gasteiger partial charge in [0.1, 0.15) is 11.5 Å². The van der Waals surface area contributed by atoms with Gasteiger partial charge in [-0.15, -0.1) is 0 Å². The number of fused-ring (bicyclic) bond motifs is 2. The third kappa shape index (κ3) is 15.7. The zero-order chi connectivity index (χ0) is 67.7. The summed E-state index contributed by atoms with van der Waals surface area (Å²) in [5.41, 5.74) is 4.66. The van der Waals surface area contributed by atoms with Crippen LogP contribution in [0.15, 0.2) is 146 Å². The van der Waals surface area contributed by atoms with Crippen molar-refractivity contribution in [3.8, 4) is 11.5 Å². The Hall–Kier alpha value is -8.33. The Labute approximate surface area is 564 Å². The lowest BCUT2D eigenvalue weighted by Crippen LogP contribution is -2.57. The van der Waals surface area contributed by atoms with Gasteiger partial charge < -0.3 is 39.9 Å². The molecular weight excluding hydrogens is 1270 g/mol. The van der Waals surface area contributed by atoms with Gasteiger partial charge in [-0.05, 0) is 139 Å². The van der Waals surface area contributed by atoms with Crippen molar-refractivity contribution < 1.29 is 47.4 Å². The summed E-state index contributed by atoms with van der Waals surface area (Å²) in [6.45, 7) is 19.1. The highest BCUT2D eigenvalue weighted by Gasteiger charge is 2.38. The Morgan fingerprint density at radius 3 is 1.42 bits per heavy atom. The fourth-order valence-corrected chi connectivity index (χ4v) is 15.1. The summed E-state index contributed by atoms with van der Waals surface area (Å²) >= 11 is 12.4. The number of H-pyrrole nitrogens is 1. The molecule has 4 atom stereocenters. The quantitative estimate of drug-likeness (QED) is 0.0253. The van der Waals surface area contributed by atoms with Crippen LogP contribution in [0.4, 0.5) is 0 Å². The zero-order valence-electron chi connectivity index (χ0n) is 54.6. The van der Waals surface area contributed by atoms with Crippen LogP contribution in [0.25, 0.3) is 21.8 Å². The van der Waals surface area contributed by atoms with Gasteiger partial charge in [-0.2, -0.15) is 0 Å². The minimum absolute atomic E-state index is 0.0397. The number of carbonyl (C=O) groups is 6. The topological polar surface area (TPSA) is 239 Å². The first kappa shape index (κ1) is 69.5. The smallest absolute Gasteiger partial charge is 0.295 e. The fourth-order valence-electron chi connectivity index (χ4n) is 13.0. The molecule has 0 unspecified atom stereocenters. The predicted octanol–water partition coefficient (Wildman–Crippen LogP) is 10.5. The van der Waals surface area contributed by atoms with Crippen molar-refractivity contribution in [1.82, 2.24) is 39.1 Å². The molecule has 6 aromatic carbocycles. The third-order valence-electron chi connectivity index (χ3n) is 18.1. The molecule has 500 valence electrons. The summed E-state index contributed by atoms with van der Waals surface area (Å²) in [6.07, 6.45) is 6.61. The highest BCUT2D eigenvalue weighted by Crippen LogP contribution is 2.42. The number of rotatable bonds is 17. The maximum absolute atomic E-state index is 14.0. The monoisotopic (exact) mass is 1350 g/mol. The van der Waals surface area contributed by atoms with Crippen LogP contribution < -0.4 is 31.8 Å². The van der Waals surface area contributed by atoms with Crippen LogP contribution in [0.5, 0.6) is 11.5 Å². The van der Waals surface area contributed by atoms with Crippen LogP contribution in [-0.4, -0.2) is 164 Å². The van der Waals surface area contributed by atoms with E-state index < -0.39 is 30.7 Å². The average Bonchev–Trinajstić information content (AvgIpc) is 1.81. The van der Waals surface area contributed by atoms with E-state index in [2.05, 4.69) is 40.8 Å². The number of ether oxygens (including phenoxy) is 2. The molecule has 0 spiro atoms. The van der Waals surface area contributed by atoms with Crippen molar-refractivity contribution >= 4 is 98.2 Å². The number of hydrogen-bond acceptors (Lipinski definition) is 14. The van der Waals surface area contributed by atoms with Crippen molar-refractivity contribution in [3.05, 3.63) is 189 Å². The van der Waals surface area contributed by atoms with E-state index in [4.69, 9.17) is 49.0 Å². The van der Waals surface area contributed by atoms with E-state index in [9.17, 15) is 33.3 Å². The number of aromatic nitrogens is 2. The average molecular weight is 1350 g/mol. The molecule has 4 fully saturated rings. The van der Waals surface area contributed by atoms with Crippen LogP contribution >= 0.6 is 30.6 Å². The Kier molecular flexibility index (Phi) is 22.7. The van der Waals surface area contributed by atoms with Gasteiger partial charge in [0.05, 0.1) is 41.0 Å². The lowest BCUT2D eigenvalue weighted by Gasteiger charge is -2.44. The zero-order valence-corrected chi connectivity index (χ0v) is 57.0. The second-order valence-corrected chi connectivity index (χ2v) is 27.9. The largest absolute Gasteiger partial charge is 0.493 e. The lowest BCUT2D eigenvalue weighted by molar-refractivity contribution is -0.126. The number of amides is 4. The van der Waals surface area contributed by atoms with Crippen molar-refractivity contribution in [2.24, 2.45) is 5.90 Å². The predicted molar refractivity (Wildman–Crippen MR) is 372 cm³/mol. The number of nitrogen functional groups attached to an aromatic ring is 1. The van der Waals surface area contributed by atoms with Gasteiger partial charge in [0, 0.05) is 151 Å². The maximum atomic E-state index is 14.0. The van der Waals surface area contributed by atoms with E-state index in [1.165, 1.54) is 10.9 Å². The summed E-state index contributed by atoms with van der Waals surface area (Å²) in [5, 5.41) is 3.64. The van der Waals surface area contributed by atoms with E-state index in [-0.39, 0.29) is 47.1 Å². The third-order valence-corrected chi connectivity index (χ3v) is 20.8. The maximum Gasteiger partial charge on any atom is 0.295 e. The van der Waals surface area contributed by atoms with E-state index >= 15 is 0 Å². The molecular formula is C72H83Cl2N10O10P. The van der Waals surface area contributed by atoms with Gasteiger partial charge in [-0.25, -0.2) is 10.5 Å². The number of nitrogens with one attached hydrogen (secondary N) is 1.